The number of urea groups is 1. The third-order valence-corrected chi connectivity index (χ3v) is 3.05. The van der Waals surface area contributed by atoms with Gasteiger partial charge in [-0.25, -0.2) is 9.69 Å². The Morgan fingerprint density at radius 3 is 2.50 bits per heavy atom. The average molecular weight is 285 g/mol. The number of allylic oxidation sites excluding steroid dienone is 1. The minimum absolute atomic E-state index is 0.0370. The van der Waals surface area contributed by atoms with Gasteiger partial charge in [-0.3, -0.25) is 10.3 Å². The molecule has 1 saturated heterocycles. The van der Waals surface area contributed by atoms with Gasteiger partial charge in [-0.15, -0.1) is 0 Å². The maximum Gasteiger partial charge on any atom is 0.329 e. The molecule has 1 heterocycles. The van der Waals surface area contributed by atoms with Crippen LogP contribution in [-0.4, -0.2) is 58.0 Å². The molecule has 3 N–H and O–H groups in total. The van der Waals surface area contributed by atoms with Crippen LogP contribution in [-0.2, 0) is 4.74 Å². The number of hydrogen-bond donors (Lipinski definition) is 3. The number of ether oxygens (including phenoxy) is 1. The van der Waals surface area contributed by atoms with Crippen molar-refractivity contribution in [3.63, 3.8) is 0 Å². The molecule has 0 aliphatic carbocycles. The molecule has 2 atom stereocenters. The molecule has 7 nitrogen and oxygen atoms in total. The monoisotopic (exact) mass is 285 g/mol. The summed E-state index contributed by atoms with van der Waals surface area (Å²) in [5, 5.41) is 27.9. The Bertz CT molecular complexity index is 428. The number of amidine groups is 1. The van der Waals surface area contributed by atoms with E-state index in [0.717, 1.165) is 4.90 Å². The summed E-state index contributed by atoms with van der Waals surface area (Å²) in [5.41, 5.74) is -0.536. The molecular weight excluding hydrogens is 262 g/mol. The van der Waals surface area contributed by atoms with Crippen molar-refractivity contribution in [2.24, 2.45) is 5.41 Å². The highest BCUT2D eigenvalue weighted by Crippen LogP contribution is 2.25. The SMILES string of the molecule is CCOC1C(O)N(C(=N)/C=C(\O)C(C)(C)C)C(=O)N1C. The third kappa shape index (κ3) is 3.10. The smallest absolute Gasteiger partial charge is 0.329 e. The van der Waals surface area contributed by atoms with Crippen LogP contribution < -0.4 is 0 Å². The zero-order valence-electron chi connectivity index (χ0n) is 12.5. The number of aliphatic hydroxyl groups is 2. The summed E-state index contributed by atoms with van der Waals surface area (Å²) in [7, 11) is 1.49. The van der Waals surface area contributed by atoms with Gasteiger partial charge in [0.1, 0.15) is 11.6 Å². The molecule has 0 saturated carbocycles. The highest BCUT2D eigenvalue weighted by molar-refractivity contribution is 6.03. The van der Waals surface area contributed by atoms with Crippen molar-refractivity contribution >= 4 is 11.9 Å². The predicted octanol–water partition coefficient (Wildman–Crippen LogP) is 1.50. The second kappa shape index (κ2) is 5.80. The summed E-state index contributed by atoms with van der Waals surface area (Å²) in [6.07, 6.45) is -0.925. The van der Waals surface area contributed by atoms with Crippen LogP contribution >= 0.6 is 0 Å². The summed E-state index contributed by atoms with van der Waals surface area (Å²) in [4.78, 5) is 14.2. The van der Waals surface area contributed by atoms with Crippen LogP contribution in [0.15, 0.2) is 11.8 Å². The van der Waals surface area contributed by atoms with Crippen molar-refractivity contribution in [2.45, 2.75) is 40.2 Å². The maximum absolute atomic E-state index is 12.0. The van der Waals surface area contributed by atoms with Gasteiger partial charge < -0.3 is 14.9 Å². The van der Waals surface area contributed by atoms with E-state index >= 15 is 0 Å². The minimum Gasteiger partial charge on any atom is -0.512 e. The zero-order chi connectivity index (χ0) is 15.7. The first-order valence-electron chi connectivity index (χ1n) is 6.46. The number of likely N-dealkylation sites (N-methyl/N-ethyl adjacent to an activating group) is 1. The molecule has 1 aliphatic heterocycles. The predicted molar refractivity (Wildman–Crippen MR) is 74.3 cm³/mol. The lowest BCUT2D eigenvalue weighted by molar-refractivity contribution is -0.0886. The van der Waals surface area contributed by atoms with Gasteiger partial charge in [-0.05, 0) is 6.92 Å². The lowest BCUT2D eigenvalue weighted by Crippen LogP contribution is -2.41. The van der Waals surface area contributed by atoms with Crippen molar-refractivity contribution in [2.75, 3.05) is 13.7 Å². The van der Waals surface area contributed by atoms with E-state index in [1.54, 1.807) is 27.7 Å². The molecule has 1 aliphatic rings. The Kier molecular flexibility index (Phi) is 4.77. The molecule has 0 radical (unpaired) electrons. The fraction of sp³-hybridized carbons (Fsp3) is 0.692. The summed E-state index contributed by atoms with van der Waals surface area (Å²) in [6.45, 7) is 7.43. The molecule has 1 fully saturated rings. The molecule has 0 bridgehead atoms. The van der Waals surface area contributed by atoms with Crippen LogP contribution in [0, 0.1) is 10.8 Å². The Morgan fingerprint density at radius 1 is 1.50 bits per heavy atom. The maximum atomic E-state index is 12.0. The van der Waals surface area contributed by atoms with E-state index in [4.69, 9.17) is 10.1 Å². The fourth-order valence-electron chi connectivity index (χ4n) is 1.75. The van der Waals surface area contributed by atoms with Crippen molar-refractivity contribution in [3.8, 4) is 0 Å². The molecule has 0 aromatic rings. The van der Waals surface area contributed by atoms with Crippen molar-refractivity contribution in [1.29, 1.82) is 5.41 Å². The molecule has 114 valence electrons. The molecule has 1 rings (SSSR count). The molecular formula is C13H23N3O4. The molecule has 0 spiro atoms. The summed E-state index contributed by atoms with van der Waals surface area (Å²) in [6, 6.07) is -0.543. The van der Waals surface area contributed by atoms with E-state index in [1.807, 2.05) is 0 Å². The van der Waals surface area contributed by atoms with Crippen LogP contribution in [0.2, 0.25) is 0 Å². The van der Waals surface area contributed by atoms with E-state index in [0.29, 0.717) is 6.61 Å². The average Bonchev–Trinajstić information content (AvgIpc) is 2.52. The summed E-state index contributed by atoms with van der Waals surface area (Å²) < 4.78 is 5.28. The van der Waals surface area contributed by atoms with Gasteiger partial charge in [0.2, 0.25) is 0 Å². The molecule has 0 aromatic carbocycles. The Hall–Kier alpha value is -1.60. The van der Waals surface area contributed by atoms with E-state index in [-0.39, 0.29) is 11.6 Å². The normalized spacial score (nSPS) is 24.5. The van der Waals surface area contributed by atoms with Gasteiger partial charge in [0.15, 0.2) is 12.5 Å². The number of carbonyl (C=O) groups is 1. The van der Waals surface area contributed by atoms with Crippen LogP contribution in [0.25, 0.3) is 0 Å². The first-order valence-corrected chi connectivity index (χ1v) is 6.46. The third-order valence-electron chi connectivity index (χ3n) is 3.05. The van der Waals surface area contributed by atoms with Gasteiger partial charge in [0, 0.05) is 25.1 Å². The van der Waals surface area contributed by atoms with Crippen LogP contribution in [0.1, 0.15) is 27.7 Å². The first kappa shape index (κ1) is 16.5. The zero-order valence-corrected chi connectivity index (χ0v) is 12.5. The molecule has 20 heavy (non-hydrogen) atoms. The van der Waals surface area contributed by atoms with Gasteiger partial charge in [0.25, 0.3) is 0 Å². The lowest BCUT2D eigenvalue weighted by atomic mass is 9.93. The lowest BCUT2D eigenvalue weighted by Gasteiger charge is -2.22. The fourth-order valence-corrected chi connectivity index (χ4v) is 1.75. The molecule has 2 unspecified atom stereocenters. The van der Waals surface area contributed by atoms with Gasteiger partial charge in [0.05, 0.1) is 0 Å². The van der Waals surface area contributed by atoms with Gasteiger partial charge in [-0.2, -0.15) is 0 Å². The second-order valence-corrected chi connectivity index (χ2v) is 5.69. The minimum atomic E-state index is -1.27. The van der Waals surface area contributed by atoms with E-state index in [1.165, 1.54) is 18.0 Å². The van der Waals surface area contributed by atoms with Crippen molar-refractivity contribution < 1.29 is 19.7 Å². The number of rotatable bonds is 3. The first-order chi connectivity index (χ1) is 9.11. The van der Waals surface area contributed by atoms with E-state index < -0.39 is 23.9 Å². The number of nitrogens with one attached hydrogen (secondary N) is 1. The summed E-state index contributed by atoms with van der Waals surface area (Å²) in [5.74, 6) is -0.311. The number of nitrogens with zero attached hydrogens (tertiary/aromatic N) is 2. The van der Waals surface area contributed by atoms with Crippen LogP contribution in [0.5, 0.6) is 0 Å². The van der Waals surface area contributed by atoms with Crippen LogP contribution in [0.4, 0.5) is 4.79 Å². The quantitative estimate of drug-likeness (QED) is 0.416. The van der Waals surface area contributed by atoms with Gasteiger partial charge >= 0.3 is 6.03 Å². The topological polar surface area (TPSA) is 97.1 Å². The highest BCUT2D eigenvalue weighted by atomic mass is 16.5. The summed E-state index contributed by atoms with van der Waals surface area (Å²) >= 11 is 0. The Balaban J connectivity index is 2.97. The molecule has 7 heteroatoms. The van der Waals surface area contributed by atoms with E-state index in [9.17, 15) is 15.0 Å². The largest absolute Gasteiger partial charge is 0.512 e. The standard InChI is InChI=1S/C13H23N3O4/c1-6-20-11-10(18)16(12(19)15(11)5)9(14)7-8(17)13(2,3)4/h7,10-11,14,17-18H,6H2,1-5H3/b8-7-,14-9?. The van der Waals surface area contributed by atoms with Gasteiger partial charge in [-0.1, -0.05) is 20.8 Å². The number of amides is 2. The molecule has 0 aromatic heterocycles. The van der Waals surface area contributed by atoms with E-state index in [2.05, 4.69) is 0 Å². The number of carbonyl (C=O) groups excluding carboxylic acids is 1. The van der Waals surface area contributed by atoms with Crippen molar-refractivity contribution in [1.82, 2.24) is 9.80 Å². The van der Waals surface area contributed by atoms with Crippen LogP contribution in [0.3, 0.4) is 0 Å². The number of aliphatic hydroxyl groups excluding tert-OH is 2. The Labute approximate surface area is 118 Å². The molecule has 2 amide bonds. The Morgan fingerprint density at radius 2 is 2.05 bits per heavy atom. The second-order valence-electron chi connectivity index (χ2n) is 5.69. The number of hydrogen-bond acceptors (Lipinski definition) is 5. The highest BCUT2D eigenvalue weighted by Gasteiger charge is 2.45. The van der Waals surface area contributed by atoms with Crippen molar-refractivity contribution in [3.05, 3.63) is 11.8 Å².